The summed E-state index contributed by atoms with van der Waals surface area (Å²) in [5, 5.41) is 12.9. The van der Waals surface area contributed by atoms with E-state index in [1.807, 2.05) is 31.2 Å². The third kappa shape index (κ3) is 3.03. The summed E-state index contributed by atoms with van der Waals surface area (Å²) in [5.74, 6) is 0.119. The first-order chi connectivity index (χ1) is 10.6. The van der Waals surface area contributed by atoms with Gasteiger partial charge in [0.05, 0.1) is 5.56 Å². The van der Waals surface area contributed by atoms with Gasteiger partial charge in [-0.1, -0.05) is 35.0 Å². The molecule has 0 amide bonds. The van der Waals surface area contributed by atoms with Crippen molar-refractivity contribution >= 4 is 5.97 Å². The molecule has 0 saturated heterocycles. The Labute approximate surface area is 127 Å². The molecule has 0 unspecified atom stereocenters. The molecule has 0 aliphatic heterocycles. The second-order valence-electron chi connectivity index (χ2n) is 5.06. The van der Waals surface area contributed by atoms with Gasteiger partial charge in [-0.3, -0.25) is 0 Å². The Morgan fingerprint density at radius 1 is 1.18 bits per heavy atom. The number of hydrogen-bond donors (Lipinski definition) is 1. The van der Waals surface area contributed by atoms with Crippen molar-refractivity contribution in [3.8, 4) is 11.5 Å². The fourth-order valence-corrected chi connectivity index (χ4v) is 2.17. The molecule has 22 heavy (non-hydrogen) atoms. The molecule has 0 fully saturated rings. The van der Waals surface area contributed by atoms with Gasteiger partial charge in [0.1, 0.15) is 0 Å². The largest absolute Gasteiger partial charge is 0.478 e. The second kappa shape index (κ2) is 5.81. The molecule has 2 aromatic carbocycles. The molecule has 0 spiro atoms. The van der Waals surface area contributed by atoms with E-state index in [1.165, 1.54) is 0 Å². The third-order valence-corrected chi connectivity index (χ3v) is 3.30. The van der Waals surface area contributed by atoms with Crippen molar-refractivity contribution in [1.29, 1.82) is 0 Å². The molecular formula is C17H14N2O3. The fraction of sp³-hybridized carbons (Fsp3) is 0.118. The molecule has 0 radical (unpaired) electrons. The summed E-state index contributed by atoms with van der Waals surface area (Å²) in [6.07, 6.45) is 0.495. The average molecular weight is 294 g/mol. The van der Waals surface area contributed by atoms with Crippen molar-refractivity contribution < 1.29 is 14.4 Å². The van der Waals surface area contributed by atoms with E-state index < -0.39 is 5.97 Å². The SMILES string of the molecule is Cc1cccc(-c2nc(Cc3ccc(C(=O)O)cc3)no2)c1. The van der Waals surface area contributed by atoms with Gasteiger partial charge < -0.3 is 9.63 Å². The number of aryl methyl sites for hydroxylation is 1. The van der Waals surface area contributed by atoms with Crippen LogP contribution in [0.3, 0.4) is 0 Å². The van der Waals surface area contributed by atoms with Crippen LogP contribution in [0, 0.1) is 6.92 Å². The Bertz CT molecular complexity index is 807. The first-order valence-electron chi connectivity index (χ1n) is 6.84. The van der Waals surface area contributed by atoms with Crippen LogP contribution < -0.4 is 0 Å². The van der Waals surface area contributed by atoms with E-state index in [0.29, 0.717) is 18.1 Å². The maximum atomic E-state index is 10.8. The number of benzene rings is 2. The van der Waals surface area contributed by atoms with Crippen molar-refractivity contribution in [3.63, 3.8) is 0 Å². The smallest absolute Gasteiger partial charge is 0.335 e. The molecule has 1 heterocycles. The van der Waals surface area contributed by atoms with Gasteiger partial charge in [0.15, 0.2) is 5.82 Å². The van der Waals surface area contributed by atoms with E-state index in [9.17, 15) is 4.79 Å². The monoisotopic (exact) mass is 294 g/mol. The van der Waals surface area contributed by atoms with Crippen LogP contribution in [0.25, 0.3) is 11.5 Å². The first kappa shape index (κ1) is 14.0. The number of aromatic nitrogens is 2. The van der Waals surface area contributed by atoms with Crippen LogP contribution in [0.15, 0.2) is 53.1 Å². The topological polar surface area (TPSA) is 76.2 Å². The van der Waals surface area contributed by atoms with Crippen LogP contribution in [0.2, 0.25) is 0 Å². The van der Waals surface area contributed by atoms with E-state index in [2.05, 4.69) is 10.1 Å². The quantitative estimate of drug-likeness (QED) is 0.798. The highest BCUT2D eigenvalue weighted by Gasteiger charge is 2.10. The Morgan fingerprint density at radius 2 is 1.95 bits per heavy atom. The lowest BCUT2D eigenvalue weighted by Gasteiger charge is -1.98. The minimum atomic E-state index is -0.937. The van der Waals surface area contributed by atoms with E-state index >= 15 is 0 Å². The molecule has 0 saturated carbocycles. The lowest BCUT2D eigenvalue weighted by atomic mass is 10.1. The van der Waals surface area contributed by atoms with Crippen molar-refractivity contribution in [2.24, 2.45) is 0 Å². The van der Waals surface area contributed by atoms with E-state index in [1.54, 1.807) is 24.3 Å². The lowest BCUT2D eigenvalue weighted by Crippen LogP contribution is -1.97. The van der Waals surface area contributed by atoms with Crippen molar-refractivity contribution in [3.05, 3.63) is 71.0 Å². The van der Waals surface area contributed by atoms with Crippen molar-refractivity contribution in [2.45, 2.75) is 13.3 Å². The van der Waals surface area contributed by atoms with Crippen LogP contribution >= 0.6 is 0 Å². The molecule has 5 heteroatoms. The molecule has 110 valence electrons. The number of rotatable bonds is 4. The number of aromatic carboxylic acids is 1. The van der Waals surface area contributed by atoms with Gasteiger partial charge in [0, 0.05) is 12.0 Å². The Hall–Kier alpha value is -2.95. The maximum absolute atomic E-state index is 10.8. The van der Waals surface area contributed by atoms with E-state index in [-0.39, 0.29) is 5.56 Å². The van der Waals surface area contributed by atoms with Crippen LogP contribution in [0.4, 0.5) is 0 Å². The van der Waals surface area contributed by atoms with Gasteiger partial charge in [0.25, 0.3) is 5.89 Å². The predicted molar refractivity (Wildman–Crippen MR) is 80.7 cm³/mol. The lowest BCUT2D eigenvalue weighted by molar-refractivity contribution is 0.0697. The Morgan fingerprint density at radius 3 is 2.64 bits per heavy atom. The molecule has 0 bridgehead atoms. The highest BCUT2D eigenvalue weighted by molar-refractivity contribution is 5.87. The van der Waals surface area contributed by atoms with Gasteiger partial charge in [0.2, 0.25) is 0 Å². The van der Waals surface area contributed by atoms with Gasteiger partial charge >= 0.3 is 5.97 Å². The second-order valence-corrected chi connectivity index (χ2v) is 5.06. The van der Waals surface area contributed by atoms with Crippen LogP contribution in [0.5, 0.6) is 0 Å². The van der Waals surface area contributed by atoms with E-state index in [0.717, 1.165) is 16.7 Å². The van der Waals surface area contributed by atoms with Crippen LogP contribution in [0.1, 0.15) is 27.3 Å². The summed E-state index contributed by atoms with van der Waals surface area (Å²) < 4.78 is 5.28. The third-order valence-electron chi connectivity index (χ3n) is 3.30. The summed E-state index contributed by atoms with van der Waals surface area (Å²) in [4.78, 5) is 15.2. The molecule has 1 N–H and O–H groups in total. The molecule has 0 atom stereocenters. The molecule has 3 aromatic rings. The fourth-order valence-electron chi connectivity index (χ4n) is 2.17. The molecular weight excluding hydrogens is 280 g/mol. The molecule has 5 nitrogen and oxygen atoms in total. The van der Waals surface area contributed by atoms with Crippen LogP contribution in [-0.2, 0) is 6.42 Å². The van der Waals surface area contributed by atoms with E-state index in [4.69, 9.17) is 9.63 Å². The predicted octanol–water partition coefficient (Wildman–Crippen LogP) is 3.33. The minimum absolute atomic E-state index is 0.261. The maximum Gasteiger partial charge on any atom is 0.335 e. The van der Waals surface area contributed by atoms with Gasteiger partial charge in [-0.2, -0.15) is 4.98 Å². The van der Waals surface area contributed by atoms with Gasteiger partial charge in [-0.25, -0.2) is 4.79 Å². The Balaban J connectivity index is 1.78. The summed E-state index contributed by atoms with van der Waals surface area (Å²) in [6.45, 7) is 2.00. The number of hydrogen-bond acceptors (Lipinski definition) is 4. The summed E-state index contributed by atoms with van der Waals surface area (Å²) in [7, 11) is 0. The zero-order chi connectivity index (χ0) is 15.5. The number of nitrogens with zero attached hydrogens (tertiary/aromatic N) is 2. The van der Waals surface area contributed by atoms with Gasteiger partial charge in [-0.15, -0.1) is 0 Å². The Kier molecular flexibility index (Phi) is 3.70. The summed E-state index contributed by atoms with van der Waals surface area (Å²) >= 11 is 0. The van der Waals surface area contributed by atoms with Crippen molar-refractivity contribution in [2.75, 3.05) is 0 Å². The summed E-state index contributed by atoms with van der Waals surface area (Å²) in [5.41, 5.74) is 3.21. The average Bonchev–Trinajstić information content (AvgIpc) is 2.96. The molecule has 3 rings (SSSR count). The van der Waals surface area contributed by atoms with Gasteiger partial charge in [-0.05, 0) is 36.8 Å². The highest BCUT2D eigenvalue weighted by atomic mass is 16.5. The van der Waals surface area contributed by atoms with Crippen molar-refractivity contribution in [1.82, 2.24) is 10.1 Å². The van der Waals surface area contributed by atoms with Crippen LogP contribution in [-0.4, -0.2) is 21.2 Å². The molecule has 0 aliphatic carbocycles. The zero-order valence-electron chi connectivity index (χ0n) is 12.0. The highest BCUT2D eigenvalue weighted by Crippen LogP contribution is 2.19. The first-order valence-corrected chi connectivity index (χ1v) is 6.84. The number of carboxylic acids is 1. The number of carboxylic acid groups (broad SMARTS) is 1. The standard InChI is InChI=1S/C17H14N2O3/c1-11-3-2-4-14(9-11)16-18-15(19-22-16)10-12-5-7-13(8-6-12)17(20)21/h2-9H,10H2,1H3,(H,20,21). The number of carbonyl (C=O) groups is 1. The zero-order valence-corrected chi connectivity index (χ0v) is 12.0. The minimum Gasteiger partial charge on any atom is -0.478 e. The molecule has 0 aliphatic rings. The summed E-state index contributed by atoms with van der Waals surface area (Å²) in [6, 6.07) is 14.5. The normalized spacial score (nSPS) is 10.6. The molecule has 1 aromatic heterocycles.